The maximum absolute atomic E-state index is 11.7. The fraction of sp³-hybridized carbons (Fsp3) is 0.462. The molecular weight excluding hydrogens is 280 g/mol. The van der Waals surface area contributed by atoms with E-state index in [9.17, 15) is 14.4 Å². The van der Waals surface area contributed by atoms with Gasteiger partial charge in [0.2, 0.25) is 5.91 Å². The summed E-state index contributed by atoms with van der Waals surface area (Å²) in [6.07, 6.45) is 0. The van der Waals surface area contributed by atoms with Crippen molar-refractivity contribution in [3.63, 3.8) is 0 Å². The zero-order valence-electron chi connectivity index (χ0n) is 11.6. The predicted molar refractivity (Wildman–Crippen MR) is 75.4 cm³/mol. The van der Waals surface area contributed by atoms with E-state index in [0.29, 0.717) is 4.88 Å². The minimum atomic E-state index is -0.717. The van der Waals surface area contributed by atoms with Crippen LogP contribution in [0.25, 0.3) is 0 Å². The van der Waals surface area contributed by atoms with Gasteiger partial charge in [-0.25, -0.2) is 4.79 Å². The lowest BCUT2D eigenvalue weighted by atomic mass is 10.0. The molecule has 1 heterocycles. The van der Waals surface area contributed by atoms with Crippen LogP contribution in [-0.4, -0.2) is 37.5 Å². The molecule has 0 radical (unpaired) electrons. The molecule has 2 amide bonds. The van der Waals surface area contributed by atoms with Crippen LogP contribution in [0.2, 0.25) is 0 Å². The van der Waals surface area contributed by atoms with Crippen molar-refractivity contribution in [2.75, 3.05) is 13.7 Å². The predicted octanol–water partition coefficient (Wildman–Crippen LogP) is 0.792. The van der Waals surface area contributed by atoms with Crippen LogP contribution in [0, 0.1) is 5.92 Å². The van der Waals surface area contributed by atoms with E-state index in [-0.39, 0.29) is 18.4 Å². The van der Waals surface area contributed by atoms with Crippen LogP contribution in [0.1, 0.15) is 23.5 Å². The Kier molecular flexibility index (Phi) is 6.17. The number of amides is 2. The zero-order valence-corrected chi connectivity index (χ0v) is 12.5. The van der Waals surface area contributed by atoms with Crippen molar-refractivity contribution in [1.82, 2.24) is 10.6 Å². The summed E-state index contributed by atoms with van der Waals surface area (Å²) >= 11 is 1.29. The van der Waals surface area contributed by atoms with Gasteiger partial charge in [-0.3, -0.25) is 9.59 Å². The fourth-order valence-corrected chi connectivity index (χ4v) is 2.14. The molecule has 1 aromatic rings. The molecule has 0 aromatic carbocycles. The number of carbonyl (C=O) groups excluding carboxylic acids is 3. The van der Waals surface area contributed by atoms with E-state index < -0.39 is 17.9 Å². The lowest BCUT2D eigenvalue weighted by Crippen LogP contribution is -2.48. The first-order chi connectivity index (χ1) is 9.45. The highest BCUT2D eigenvalue weighted by molar-refractivity contribution is 7.12. The Balaban J connectivity index is 2.46. The maximum Gasteiger partial charge on any atom is 0.328 e. The Morgan fingerprint density at radius 2 is 2.05 bits per heavy atom. The third-order valence-corrected chi connectivity index (χ3v) is 3.46. The number of carbonyl (C=O) groups is 3. The van der Waals surface area contributed by atoms with Gasteiger partial charge in [-0.05, 0) is 17.4 Å². The molecule has 0 spiro atoms. The van der Waals surface area contributed by atoms with E-state index in [2.05, 4.69) is 15.4 Å². The van der Waals surface area contributed by atoms with Gasteiger partial charge in [-0.2, -0.15) is 0 Å². The van der Waals surface area contributed by atoms with Crippen molar-refractivity contribution in [3.05, 3.63) is 22.4 Å². The SMILES string of the molecule is COC(=O)C(NC(=O)CNC(=O)c1cccs1)C(C)C. The average molecular weight is 298 g/mol. The second kappa shape index (κ2) is 7.64. The summed E-state index contributed by atoms with van der Waals surface area (Å²) in [5.41, 5.74) is 0. The van der Waals surface area contributed by atoms with Crippen LogP contribution in [0.4, 0.5) is 0 Å². The third kappa shape index (κ3) is 4.65. The highest BCUT2D eigenvalue weighted by atomic mass is 32.1. The van der Waals surface area contributed by atoms with Gasteiger partial charge >= 0.3 is 5.97 Å². The van der Waals surface area contributed by atoms with Crippen LogP contribution < -0.4 is 10.6 Å². The summed E-state index contributed by atoms with van der Waals surface area (Å²) in [7, 11) is 1.27. The van der Waals surface area contributed by atoms with Gasteiger partial charge in [-0.1, -0.05) is 19.9 Å². The topological polar surface area (TPSA) is 84.5 Å². The Bertz CT molecular complexity index is 471. The summed E-state index contributed by atoms with van der Waals surface area (Å²) < 4.78 is 4.62. The highest BCUT2D eigenvalue weighted by Gasteiger charge is 2.24. The molecule has 1 atom stereocenters. The number of methoxy groups -OCH3 is 1. The quantitative estimate of drug-likeness (QED) is 0.761. The largest absolute Gasteiger partial charge is 0.467 e. The number of hydrogen-bond donors (Lipinski definition) is 2. The average Bonchev–Trinajstić information content (AvgIpc) is 2.95. The first kappa shape index (κ1) is 16.2. The minimum Gasteiger partial charge on any atom is -0.467 e. The van der Waals surface area contributed by atoms with Crippen LogP contribution in [0.5, 0.6) is 0 Å². The maximum atomic E-state index is 11.7. The molecule has 0 bridgehead atoms. The second-order valence-corrected chi connectivity index (χ2v) is 5.42. The Hall–Kier alpha value is -1.89. The van der Waals surface area contributed by atoms with E-state index >= 15 is 0 Å². The van der Waals surface area contributed by atoms with Crippen molar-refractivity contribution < 1.29 is 19.1 Å². The number of esters is 1. The van der Waals surface area contributed by atoms with E-state index in [1.165, 1.54) is 18.4 Å². The first-order valence-corrected chi connectivity index (χ1v) is 7.02. The molecular formula is C13H18N2O4S. The lowest BCUT2D eigenvalue weighted by Gasteiger charge is -2.19. The summed E-state index contributed by atoms with van der Waals surface area (Å²) in [4.78, 5) is 35.4. The van der Waals surface area contributed by atoms with Crippen molar-refractivity contribution in [3.8, 4) is 0 Å². The molecule has 0 aliphatic carbocycles. The van der Waals surface area contributed by atoms with E-state index in [0.717, 1.165) is 0 Å². The van der Waals surface area contributed by atoms with Crippen LogP contribution in [0.3, 0.4) is 0 Å². The van der Waals surface area contributed by atoms with Crippen molar-refractivity contribution in [2.45, 2.75) is 19.9 Å². The molecule has 0 fully saturated rings. The second-order valence-electron chi connectivity index (χ2n) is 4.47. The Labute approximate surface area is 121 Å². The monoisotopic (exact) mass is 298 g/mol. The van der Waals surface area contributed by atoms with E-state index in [4.69, 9.17) is 0 Å². The first-order valence-electron chi connectivity index (χ1n) is 6.14. The van der Waals surface area contributed by atoms with Crippen molar-refractivity contribution >= 4 is 29.1 Å². The Morgan fingerprint density at radius 3 is 2.55 bits per heavy atom. The fourth-order valence-electron chi connectivity index (χ4n) is 1.50. The normalized spacial score (nSPS) is 11.8. The molecule has 0 saturated heterocycles. The molecule has 20 heavy (non-hydrogen) atoms. The summed E-state index contributed by atoms with van der Waals surface area (Å²) in [5, 5.41) is 6.82. The number of hydrogen-bond acceptors (Lipinski definition) is 5. The Morgan fingerprint density at radius 1 is 1.35 bits per heavy atom. The van der Waals surface area contributed by atoms with Crippen molar-refractivity contribution in [2.24, 2.45) is 5.92 Å². The van der Waals surface area contributed by atoms with Crippen molar-refractivity contribution in [1.29, 1.82) is 0 Å². The summed E-state index contributed by atoms with van der Waals surface area (Å²) in [5.74, 6) is -1.34. The third-order valence-electron chi connectivity index (χ3n) is 2.59. The van der Waals surface area contributed by atoms with Gasteiger partial charge < -0.3 is 15.4 Å². The van der Waals surface area contributed by atoms with Gasteiger partial charge in [0.25, 0.3) is 5.91 Å². The number of ether oxygens (including phenoxy) is 1. The molecule has 7 heteroatoms. The standard InChI is InChI=1S/C13H18N2O4S/c1-8(2)11(13(18)19-3)15-10(16)7-14-12(17)9-5-4-6-20-9/h4-6,8,11H,7H2,1-3H3,(H,14,17)(H,15,16). The van der Waals surface area contributed by atoms with Gasteiger partial charge in [-0.15, -0.1) is 11.3 Å². The lowest BCUT2D eigenvalue weighted by molar-refractivity contribution is -0.146. The number of rotatable bonds is 6. The number of nitrogens with one attached hydrogen (secondary N) is 2. The molecule has 1 aromatic heterocycles. The van der Waals surface area contributed by atoms with Crippen LogP contribution >= 0.6 is 11.3 Å². The summed E-state index contributed by atoms with van der Waals surface area (Å²) in [6.45, 7) is 3.41. The van der Waals surface area contributed by atoms with Gasteiger partial charge in [0.1, 0.15) is 6.04 Å². The highest BCUT2D eigenvalue weighted by Crippen LogP contribution is 2.07. The van der Waals surface area contributed by atoms with E-state index in [1.54, 1.807) is 31.4 Å². The molecule has 2 N–H and O–H groups in total. The van der Waals surface area contributed by atoms with Crippen LogP contribution in [0.15, 0.2) is 17.5 Å². The molecule has 6 nitrogen and oxygen atoms in total. The molecule has 0 saturated carbocycles. The smallest absolute Gasteiger partial charge is 0.328 e. The van der Waals surface area contributed by atoms with Crippen LogP contribution in [-0.2, 0) is 14.3 Å². The molecule has 1 unspecified atom stereocenters. The molecule has 110 valence electrons. The molecule has 0 aliphatic rings. The van der Waals surface area contributed by atoms with E-state index in [1.807, 2.05) is 0 Å². The van der Waals surface area contributed by atoms with Gasteiger partial charge in [0, 0.05) is 0 Å². The van der Waals surface area contributed by atoms with Gasteiger partial charge in [0.05, 0.1) is 18.5 Å². The minimum absolute atomic E-state index is 0.0978. The molecule has 0 aliphatic heterocycles. The zero-order chi connectivity index (χ0) is 15.1. The molecule has 1 rings (SSSR count). The summed E-state index contributed by atoms with van der Waals surface area (Å²) in [6, 6.07) is 2.71. The number of thiophene rings is 1. The van der Waals surface area contributed by atoms with Gasteiger partial charge in [0.15, 0.2) is 0 Å².